The second kappa shape index (κ2) is 7.36. The van der Waals surface area contributed by atoms with Crippen molar-refractivity contribution in [2.24, 2.45) is 5.92 Å². The molecule has 4 nitrogen and oxygen atoms in total. The fourth-order valence-corrected chi connectivity index (χ4v) is 2.00. The van der Waals surface area contributed by atoms with Gasteiger partial charge < -0.3 is 20.1 Å². The van der Waals surface area contributed by atoms with Crippen LogP contribution in [-0.2, 0) is 6.54 Å². The summed E-state index contributed by atoms with van der Waals surface area (Å²) in [4.78, 5) is 2.18. The minimum atomic E-state index is 0.190. The lowest BCUT2D eigenvalue weighted by atomic mass is 10.0. The van der Waals surface area contributed by atoms with Crippen LogP contribution in [0.2, 0.25) is 0 Å². The molecule has 1 aromatic carbocycles. The molecular formula is C15H26N2O2. The molecule has 2 N–H and O–H groups in total. The first kappa shape index (κ1) is 15.8. The monoisotopic (exact) mass is 266 g/mol. The third-order valence-electron chi connectivity index (χ3n) is 3.18. The van der Waals surface area contributed by atoms with Crippen LogP contribution in [0.1, 0.15) is 19.4 Å². The van der Waals surface area contributed by atoms with Gasteiger partial charge in [0.2, 0.25) is 0 Å². The minimum Gasteiger partial charge on any atom is -0.504 e. The number of nitrogens with one attached hydrogen (secondary N) is 1. The summed E-state index contributed by atoms with van der Waals surface area (Å²) in [6.45, 7) is 6.17. The molecule has 0 aliphatic rings. The molecule has 0 saturated heterocycles. The molecule has 0 amide bonds. The third kappa shape index (κ3) is 5.09. The Balaban J connectivity index is 2.61. The molecule has 0 fully saturated rings. The Kier molecular flexibility index (Phi) is 6.12. The topological polar surface area (TPSA) is 44.7 Å². The van der Waals surface area contributed by atoms with Gasteiger partial charge in [0.05, 0.1) is 7.11 Å². The van der Waals surface area contributed by atoms with Crippen LogP contribution >= 0.6 is 0 Å². The van der Waals surface area contributed by atoms with Crippen molar-refractivity contribution in [2.75, 3.05) is 27.7 Å². The summed E-state index contributed by atoms with van der Waals surface area (Å²) in [6, 6.07) is 5.94. The first-order chi connectivity index (χ1) is 8.93. The van der Waals surface area contributed by atoms with Crippen molar-refractivity contribution in [3.63, 3.8) is 0 Å². The molecule has 0 aliphatic heterocycles. The number of phenolic OH excluding ortho intramolecular Hbond substituents is 1. The van der Waals surface area contributed by atoms with Gasteiger partial charge in [0.15, 0.2) is 11.5 Å². The predicted octanol–water partition coefficient (Wildman–Crippen LogP) is 2.08. The number of phenols is 1. The summed E-state index contributed by atoms with van der Waals surface area (Å²) in [5.74, 6) is 1.27. The SMILES string of the molecule is COc1ccc(CNC(CN(C)C)C(C)C)cc1O. The third-order valence-corrected chi connectivity index (χ3v) is 3.18. The largest absolute Gasteiger partial charge is 0.504 e. The zero-order valence-electron chi connectivity index (χ0n) is 12.6. The maximum absolute atomic E-state index is 9.75. The van der Waals surface area contributed by atoms with E-state index in [0.29, 0.717) is 17.7 Å². The van der Waals surface area contributed by atoms with Crippen LogP contribution in [0.3, 0.4) is 0 Å². The molecule has 0 saturated carbocycles. The minimum absolute atomic E-state index is 0.190. The van der Waals surface area contributed by atoms with Crippen LogP contribution in [0.25, 0.3) is 0 Å². The van der Waals surface area contributed by atoms with E-state index in [1.54, 1.807) is 19.2 Å². The Morgan fingerprint density at radius 1 is 1.32 bits per heavy atom. The molecule has 0 bridgehead atoms. The molecule has 1 aromatic rings. The highest BCUT2D eigenvalue weighted by molar-refractivity contribution is 5.41. The number of ether oxygens (including phenoxy) is 1. The lowest BCUT2D eigenvalue weighted by molar-refractivity contribution is 0.288. The van der Waals surface area contributed by atoms with Crippen molar-refractivity contribution in [3.05, 3.63) is 23.8 Å². The molecule has 1 atom stereocenters. The fraction of sp³-hybridized carbons (Fsp3) is 0.600. The number of rotatable bonds is 7. The van der Waals surface area contributed by atoms with E-state index in [2.05, 4.69) is 38.2 Å². The van der Waals surface area contributed by atoms with Gasteiger partial charge in [-0.1, -0.05) is 19.9 Å². The van der Waals surface area contributed by atoms with E-state index >= 15 is 0 Å². The molecule has 19 heavy (non-hydrogen) atoms. The lowest BCUT2D eigenvalue weighted by Crippen LogP contribution is -2.41. The molecule has 1 rings (SSSR count). The maximum Gasteiger partial charge on any atom is 0.160 e. The highest BCUT2D eigenvalue weighted by Crippen LogP contribution is 2.26. The normalized spacial score (nSPS) is 13.0. The lowest BCUT2D eigenvalue weighted by Gasteiger charge is -2.25. The summed E-state index contributed by atoms with van der Waals surface area (Å²) < 4.78 is 5.04. The number of aromatic hydroxyl groups is 1. The Bertz CT molecular complexity index is 392. The van der Waals surface area contributed by atoms with Crippen LogP contribution in [0.15, 0.2) is 18.2 Å². The van der Waals surface area contributed by atoms with E-state index in [1.807, 2.05) is 6.07 Å². The van der Waals surface area contributed by atoms with E-state index in [1.165, 1.54) is 0 Å². The molecule has 0 heterocycles. The van der Waals surface area contributed by atoms with E-state index < -0.39 is 0 Å². The summed E-state index contributed by atoms with van der Waals surface area (Å²) in [7, 11) is 5.71. The van der Waals surface area contributed by atoms with Gasteiger partial charge in [-0.25, -0.2) is 0 Å². The summed E-state index contributed by atoms with van der Waals surface area (Å²) in [6.07, 6.45) is 0. The van der Waals surface area contributed by atoms with Gasteiger partial charge in [-0.3, -0.25) is 0 Å². The van der Waals surface area contributed by atoms with Crippen molar-refractivity contribution in [2.45, 2.75) is 26.4 Å². The molecule has 0 aromatic heterocycles. The highest BCUT2D eigenvalue weighted by atomic mass is 16.5. The second-order valence-corrected chi connectivity index (χ2v) is 5.50. The molecule has 0 radical (unpaired) electrons. The van der Waals surface area contributed by atoms with Crippen molar-refractivity contribution in [1.29, 1.82) is 0 Å². The van der Waals surface area contributed by atoms with Crippen LogP contribution in [-0.4, -0.2) is 43.8 Å². The van der Waals surface area contributed by atoms with Crippen molar-refractivity contribution >= 4 is 0 Å². The summed E-state index contributed by atoms with van der Waals surface area (Å²) in [5.41, 5.74) is 1.06. The van der Waals surface area contributed by atoms with E-state index in [-0.39, 0.29) is 5.75 Å². The van der Waals surface area contributed by atoms with Crippen molar-refractivity contribution < 1.29 is 9.84 Å². The van der Waals surface area contributed by atoms with Gasteiger partial charge in [-0.15, -0.1) is 0 Å². The van der Waals surface area contributed by atoms with E-state index in [0.717, 1.165) is 18.7 Å². The first-order valence-electron chi connectivity index (χ1n) is 6.68. The smallest absolute Gasteiger partial charge is 0.160 e. The van der Waals surface area contributed by atoms with E-state index in [4.69, 9.17) is 4.74 Å². The number of likely N-dealkylation sites (N-methyl/N-ethyl adjacent to an activating group) is 1. The Morgan fingerprint density at radius 2 is 2.00 bits per heavy atom. The second-order valence-electron chi connectivity index (χ2n) is 5.50. The van der Waals surface area contributed by atoms with Gasteiger partial charge in [-0.2, -0.15) is 0 Å². The molecular weight excluding hydrogens is 240 g/mol. The molecule has 108 valence electrons. The predicted molar refractivity (Wildman–Crippen MR) is 78.7 cm³/mol. The molecule has 0 aliphatic carbocycles. The summed E-state index contributed by atoms with van der Waals surface area (Å²) >= 11 is 0. The van der Waals surface area contributed by atoms with E-state index in [9.17, 15) is 5.11 Å². The molecule has 1 unspecified atom stereocenters. The number of benzene rings is 1. The fourth-order valence-electron chi connectivity index (χ4n) is 2.00. The molecule has 4 heteroatoms. The average molecular weight is 266 g/mol. The van der Waals surface area contributed by atoms with Crippen LogP contribution < -0.4 is 10.1 Å². The maximum atomic E-state index is 9.75. The van der Waals surface area contributed by atoms with Gasteiger partial charge in [-0.05, 0) is 37.7 Å². The number of methoxy groups -OCH3 is 1. The van der Waals surface area contributed by atoms with Gasteiger partial charge in [0, 0.05) is 19.1 Å². The summed E-state index contributed by atoms with van der Waals surface area (Å²) in [5, 5.41) is 13.3. The van der Waals surface area contributed by atoms with Gasteiger partial charge in [0.1, 0.15) is 0 Å². The standard InChI is InChI=1S/C15H26N2O2/c1-11(2)13(10-17(3)4)16-9-12-6-7-15(19-5)14(18)8-12/h6-8,11,13,16,18H,9-10H2,1-5H3. The zero-order valence-corrected chi connectivity index (χ0v) is 12.6. The van der Waals surface area contributed by atoms with Gasteiger partial charge >= 0.3 is 0 Å². The van der Waals surface area contributed by atoms with Crippen LogP contribution in [0.4, 0.5) is 0 Å². The van der Waals surface area contributed by atoms with Crippen LogP contribution in [0, 0.1) is 5.92 Å². The average Bonchev–Trinajstić information content (AvgIpc) is 2.34. The Labute approximate surface area is 116 Å². The quantitative estimate of drug-likeness (QED) is 0.793. The number of hydrogen-bond acceptors (Lipinski definition) is 4. The van der Waals surface area contributed by atoms with Crippen molar-refractivity contribution in [1.82, 2.24) is 10.2 Å². The zero-order chi connectivity index (χ0) is 14.4. The van der Waals surface area contributed by atoms with Crippen molar-refractivity contribution in [3.8, 4) is 11.5 Å². The number of nitrogens with zero attached hydrogens (tertiary/aromatic N) is 1. The first-order valence-corrected chi connectivity index (χ1v) is 6.68. The highest BCUT2D eigenvalue weighted by Gasteiger charge is 2.13. The number of hydrogen-bond donors (Lipinski definition) is 2. The molecule has 0 spiro atoms. The Morgan fingerprint density at radius 3 is 2.47 bits per heavy atom. The Hall–Kier alpha value is -1.26. The van der Waals surface area contributed by atoms with Gasteiger partial charge in [0.25, 0.3) is 0 Å². The van der Waals surface area contributed by atoms with Crippen LogP contribution in [0.5, 0.6) is 11.5 Å².